The van der Waals surface area contributed by atoms with Crippen molar-refractivity contribution in [3.8, 4) is 0 Å². The fraction of sp³-hybridized carbons (Fsp3) is 0.636. The summed E-state index contributed by atoms with van der Waals surface area (Å²) in [6, 6.07) is -0.380. The summed E-state index contributed by atoms with van der Waals surface area (Å²) in [5, 5.41) is 2.99. The molecule has 1 aliphatic heterocycles. The largest absolute Gasteiger partial charge is 0.464 e. The molecule has 1 heterocycles. The third-order valence-corrected chi connectivity index (χ3v) is 3.14. The zero-order chi connectivity index (χ0) is 12.7. The van der Waals surface area contributed by atoms with Gasteiger partial charge in [0.05, 0.1) is 13.2 Å². The fourth-order valence-corrected chi connectivity index (χ4v) is 2.33. The molecular formula is C11H17NO4S. The predicted octanol–water partition coefficient (Wildman–Crippen LogP) is 0.701. The lowest BCUT2D eigenvalue weighted by Crippen LogP contribution is -2.43. The minimum absolute atomic E-state index is 0.283. The lowest BCUT2D eigenvalue weighted by molar-refractivity contribution is -0.145. The molecule has 0 bridgehead atoms. The predicted molar refractivity (Wildman–Crippen MR) is 65.6 cm³/mol. The van der Waals surface area contributed by atoms with Gasteiger partial charge >= 0.3 is 11.9 Å². The standard InChI is InChI=1S/C11H17NO4S/c1-3-15-10(13)5-8-6-17-7-9(12-8)11(14)16-4-2/h5,9,12H,3-4,6-7H2,1-2H3/b8-5+/t9-/m1/s1. The van der Waals surface area contributed by atoms with Crippen molar-refractivity contribution in [1.82, 2.24) is 5.32 Å². The number of rotatable bonds is 4. The van der Waals surface area contributed by atoms with E-state index in [9.17, 15) is 9.59 Å². The first-order valence-electron chi connectivity index (χ1n) is 5.55. The molecule has 0 aliphatic carbocycles. The Bertz CT molecular complexity index is 317. The van der Waals surface area contributed by atoms with Crippen LogP contribution in [-0.2, 0) is 19.1 Å². The molecule has 0 amide bonds. The fourth-order valence-electron chi connectivity index (χ4n) is 1.37. The molecule has 0 spiro atoms. The Morgan fingerprint density at radius 1 is 1.41 bits per heavy atom. The van der Waals surface area contributed by atoms with Crippen molar-refractivity contribution >= 4 is 23.7 Å². The van der Waals surface area contributed by atoms with E-state index < -0.39 is 0 Å². The number of nitrogens with one attached hydrogen (secondary N) is 1. The summed E-state index contributed by atoms with van der Waals surface area (Å²) in [6.45, 7) is 4.22. The molecule has 0 aromatic rings. The molecule has 17 heavy (non-hydrogen) atoms. The summed E-state index contributed by atoms with van der Waals surface area (Å²) < 4.78 is 9.73. The van der Waals surface area contributed by atoms with Crippen LogP contribution in [0.1, 0.15) is 13.8 Å². The maximum atomic E-state index is 11.5. The van der Waals surface area contributed by atoms with Gasteiger partial charge in [-0.3, -0.25) is 0 Å². The van der Waals surface area contributed by atoms with E-state index in [2.05, 4.69) is 5.32 Å². The van der Waals surface area contributed by atoms with Gasteiger partial charge in [-0.25, -0.2) is 9.59 Å². The maximum absolute atomic E-state index is 11.5. The summed E-state index contributed by atoms with van der Waals surface area (Å²) in [4.78, 5) is 22.8. The Morgan fingerprint density at radius 2 is 2.12 bits per heavy atom. The number of hydrogen-bond acceptors (Lipinski definition) is 6. The highest BCUT2D eigenvalue weighted by molar-refractivity contribution is 7.99. The van der Waals surface area contributed by atoms with Crippen LogP contribution in [0.4, 0.5) is 0 Å². The smallest absolute Gasteiger partial charge is 0.332 e. The number of thioether (sulfide) groups is 1. The van der Waals surface area contributed by atoms with Gasteiger partial charge in [-0.2, -0.15) is 11.8 Å². The molecule has 5 nitrogen and oxygen atoms in total. The highest BCUT2D eigenvalue weighted by Crippen LogP contribution is 2.16. The molecule has 1 fully saturated rings. The average Bonchev–Trinajstić information content (AvgIpc) is 2.30. The maximum Gasteiger partial charge on any atom is 0.332 e. The van der Waals surface area contributed by atoms with Crippen LogP contribution in [0.2, 0.25) is 0 Å². The van der Waals surface area contributed by atoms with Gasteiger partial charge in [0.25, 0.3) is 0 Å². The molecule has 0 saturated carbocycles. The van der Waals surface area contributed by atoms with Gasteiger partial charge in [-0.1, -0.05) is 0 Å². The van der Waals surface area contributed by atoms with Gasteiger partial charge in [-0.05, 0) is 13.8 Å². The van der Waals surface area contributed by atoms with E-state index >= 15 is 0 Å². The van der Waals surface area contributed by atoms with Crippen LogP contribution in [0, 0.1) is 0 Å². The van der Waals surface area contributed by atoms with Gasteiger partial charge in [-0.15, -0.1) is 0 Å². The first-order valence-corrected chi connectivity index (χ1v) is 6.71. The average molecular weight is 259 g/mol. The van der Waals surface area contributed by atoms with Crippen LogP contribution >= 0.6 is 11.8 Å². The monoisotopic (exact) mass is 259 g/mol. The van der Waals surface area contributed by atoms with Crippen LogP contribution in [0.25, 0.3) is 0 Å². The number of carbonyl (C=O) groups excluding carboxylic acids is 2. The molecule has 0 aromatic carbocycles. The molecule has 0 unspecified atom stereocenters. The molecule has 0 radical (unpaired) electrons. The van der Waals surface area contributed by atoms with E-state index in [1.165, 1.54) is 6.08 Å². The summed E-state index contributed by atoms with van der Waals surface area (Å²) in [5.41, 5.74) is 0.706. The zero-order valence-electron chi connectivity index (χ0n) is 10.0. The Morgan fingerprint density at radius 3 is 2.76 bits per heavy atom. The van der Waals surface area contributed by atoms with Crippen LogP contribution < -0.4 is 5.32 Å². The van der Waals surface area contributed by atoms with Crippen molar-refractivity contribution in [2.24, 2.45) is 0 Å². The van der Waals surface area contributed by atoms with Gasteiger partial charge in [0.2, 0.25) is 0 Å². The van der Waals surface area contributed by atoms with Crippen molar-refractivity contribution in [3.63, 3.8) is 0 Å². The minimum Gasteiger partial charge on any atom is -0.464 e. The van der Waals surface area contributed by atoms with Crippen LogP contribution in [0.15, 0.2) is 11.8 Å². The molecule has 1 N–H and O–H groups in total. The van der Waals surface area contributed by atoms with Crippen molar-refractivity contribution in [3.05, 3.63) is 11.8 Å². The molecule has 1 aliphatic rings. The summed E-state index contributed by atoms with van der Waals surface area (Å²) in [7, 11) is 0. The van der Waals surface area contributed by atoms with Crippen LogP contribution in [0.3, 0.4) is 0 Å². The molecule has 1 atom stereocenters. The van der Waals surface area contributed by atoms with E-state index in [-0.39, 0.29) is 18.0 Å². The van der Waals surface area contributed by atoms with E-state index in [4.69, 9.17) is 9.47 Å². The Labute approximate surface area is 105 Å². The van der Waals surface area contributed by atoms with Gasteiger partial charge in [0.15, 0.2) is 0 Å². The highest BCUT2D eigenvalue weighted by atomic mass is 32.2. The number of hydrogen-bond donors (Lipinski definition) is 1. The van der Waals surface area contributed by atoms with Gasteiger partial charge < -0.3 is 14.8 Å². The number of ether oxygens (including phenoxy) is 2. The molecule has 6 heteroatoms. The Hall–Kier alpha value is -1.17. The normalized spacial score (nSPS) is 21.8. The molecular weight excluding hydrogens is 242 g/mol. The van der Waals surface area contributed by atoms with E-state index in [1.807, 2.05) is 0 Å². The van der Waals surface area contributed by atoms with Crippen LogP contribution in [0.5, 0.6) is 0 Å². The lowest BCUT2D eigenvalue weighted by Gasteiger charge is -2.24. The van der Waals surface area contributed by atoms with E-state index in [0.717, 1.165) is 0 Å². The second-order valence-corrected chi connectivity index (χ2v) is 4.42. The quantitative estimate of drug-likeness (QED) is 0.592. The second kappa shape index (κ2) is 7.21. The van der Waals surface area contributed by atoms with Gasteiger partial charge in [0.1, 0.15) is 6.04 Å². The van der Waals surface area contributed by atoms with E-state index in [0.29, 0.717) is 30.4 Å². The Kier molecular flexibility index (Phi) is 5.90. The minimum atomic E-state index is -0.389. The van der Waals surface area contributed by atoms with E-state index in [1.54, 1.807) is 25.6 Å². The first-order chi connectivity index (χ1) is 8.17. The van der Waals surface area contributed by atoms with Crippen LogP contribution in [-0.4, -0.2) is 42.7 Å². The van der Waals surface area contributed by atoms with Crippen molar-refractivity contribution in [2.45, 2.75) is 19.9 Å². The summed E-state index contributed by atoms with van der Waals surface area (Å²) in [6.07, 6.45) is 1.39. The molecule has 1 saturated heterocycles. The topological polar surface area (TPSA) is 64.6 Å². The first kappa shape index (κ1) is 13.9. The molecule has 96 valence electrons. The van der Waals surface area contributed by atoms with Crippen molar-refractivity contribution in [1.29, 1.82) is 0 Å². The summed E-state index contributed by atoms with van der Waals surface area (Å²) >= 11 is 1.59. The lowest BCUT2D eigenvalue weighted by atomic mass is 10.3. The third-order valence-electron chi connectivity index (χ3n) is 2.05. The second-order valence-electron chi connectivity index (χ2n) is 3.39. The summed E-state index contributed by atoms with van der Waals surface area (Å²) in [5.74, 6) is 0.655. The SMILES string of the molecule is CCOC(=O)/C=C1\CSC[C@H](C(=O)OCC)N1. The van der Waals surface area contributed by atoms with Crippen molar-refractivity contribution in [2.75, 3.05) is 24.7 Å². The van der Waals surface area contributed by atoms with Gasteiger partial charge in [0, 0.05) is 23.3 Å². The number of esters is 2. The molecule has 1 rings (SSSR count). The Balaban J connectivity index is 2.54. The zero-order valence-corrected chi connectivity index (χ0v) is 10.8. The third kappa shape index (κ3) is 4.68. The van der Waals surface area contributed by atoms with Crippen molar-refractivity contribution < 1.29 is 19.1 Å². The highest BCUT2D eigenvalue weighted by Gasteiger charge is 2.24. The molecule has 0 aromatic heterocycles. The number of carbonyl (C=O) groups is 2.